The number of hydrogen-bond acceptors (Lipinski definition) is 6. The zero-order valence-corrected chi connectivity index (χ0v) is 19.8. The predicted octanol–water partition coefficient (Wildman–Crippen LogP) is 4.71. The van der Waals surface area contributed by atoms with Gasteiger partial charge in [-0.2, -0.15) is 4.98 Å². The minimum Gasteiger partial charge on any atom is -0.483 e. The number of para-hydroxylation sites is 1. The predicted molar refractivity (Wildman–Crippen MR) is 130 cm³/mol. The summed E-state index contributed by atoms with van der Waals surface area (Å²) < 4.78 is 11.3. The van der Waals surface area contributed by atoms with Crippen molar-refractivity contribution in [3.8, 4) is 17.1 Å². The first-order valence-corrected chi connectivity index (χ1v) is 12.3. The highest BCUT2D eigenvalue weighted by atomic mass is 16.5. The Morgan fingerprint density at radius 2 is 1.74 bits per heavy atom. The Bertz CT molecular complexity index is 1100. The van der Waals surface area contributed by atoms with Gasteiger partial charge >= 0.3 is 0 Å². The molecule has 0 N–H and O–H groups in total. The van der Waals surface area contributed by atoms with E-state index in [-0.39, 0.29) is 12.5 Å². The van der Waals surface area contributed by atoms with Crippen LogP contribution in [0.2, 0.25) is 0 Å². The summed E-state index contributed by atoms with van der Waals surface area (Å²) in [6.07, 6.45) is 6.63. The van der Waals surface area contributed by atoms with Gasteiger partial charge in [0.15, 0.2) is 6.61 Å². The van der Waals surface area contributed by atoms with Gasteiger partial charge in [-0.1, -0.05) is 66.4 Å². The van der Waals surface area contributed by atoms with E-state index in [1.807, 2.05) is 60.4 Å². The molecule has 7 heteroatoms. The van der Waals surface area contributed by atoms with Gasteiger partial charge < -0.3 is 14.2 Å². The van der Waals surface area contributed by atoms with Crippen molar-refractivity contribution in [2.75, 3.05) is 26.2 Å². The molecule has 7 nitrogen and oxygen atoms in total. The van der Waals surface area contributed by atoms with Crippen LogP contribution in [0.4, 0.5) is 0 Å². The third-order valence-electron chi connectivity index (χ3n) is 6.94. The number of nitrogens with zero attached hydrogens (tertiary/aromatic N) is 4. The molecule has 2 aliphatic rings. The molecule has 2 aromatic carbocycles. The number of amides is 1. The van der Waals surface area contributed by atoms with Crippen molar-refractivity contribution in [1.29, 1.82) is 0 Å². The topological polar surface area (TPSA) is 71.7 Å². The summed E-state index contributed by atoms with van der Waals surface area (Å²) in [7, 11) is 0. The molecule has 1 aliphatic carbocycles. The molecular formula is C27H32N4O3. The molecule has 0 bridgehead atoms. The lowest BCUT2D eigenvalue weighted by molar-refractivity contribution is 0.0519. The average molecular weight is 461 g/mol. The van der Waals surface area contributed by atoms with Crippen molar-refractivity contribution in [2.45, 2.75) is 51.7 Å². The van der Waals surface area contributed by atoms with Crippen LogP contribution in [-0.2, 0) is 6.61 Å². The summed E-state index contributed by atoms with van der Waals surface area (Å²) in [5.74, 6) is 1.46. The maximum Gasteiger partial charge on any atom is 0.264 e. The number of benzene rings is 2. The Morgan fingerprint density at radius 1 is 1.00 bits per heavy atom. The van der Waals surface area contributed by atoms with Crippen LogP contribution < -0.4 is 4.74 Å². The maximum atomic E-state index is 13.3. The number of rotatable bonds is 6. The molecule has 0 spiro atoms. The molecule has 178 valence electrons. The summed E-state index contributed by atoms with van der Waals surface area (Å²) in [6.45, 7) is 5.56. The van der Waals surface area contributed by atoms with Crippen molar-refractivity contribution in [2.24, 2.45) is 0 Å². The molecule has 1 saturated heterocycles. The Kier molecular flexibility index (Phi) is 6.90. The van der Waals surface area contributed by atoms with E-state index < -0.39 is 0 Å². The second-order valence-corrected chi connectivity index (χ2v) is 9.28. The summed E-state index contributed by atoms with van der Waals surface area (Å²) in [4.78, 5) is 22.3. The fourth-order valence-corrected chi connectivity index (χ4v) is 4.95. The highest BCUT2D eigenvalue weighted by molar-refractivity contribution is 5.97. The van der Waals surface area contributed by atoms with E-state index in [4.69, 9.17) is 9.26 Å². The summed E-state index contributed by atoms with van der Waals surface area (Å²) >= 11 is 0. The molecule has 2 fully saturated rings. The van der Waals surface area contributed by atoms with E-state index in [1.54, 1.807) is 0 Å². The SMILES string of the molecule is Cc1ccc(-c2noc(COc3ccccc3C(=O)N3CCN(C4CCCCC4)CC3)n2)cc1. The third kappa shape index (κ3) is 5.14. The van der Waals surface area contributed by atoms with Crippen molar-refractivity contribution in [1.82, 2.24) is 19.9 Å². The maximum absolute atomic E-state index is 13.3. The molecule has 0 atom stereocenters. The zero-order chi connectivity index (χ0) is 23.3. The molecule has 0 radical (unpaired) electrons. The van der Waals surface area contributed by atoms with Crippen LogP contribution >= 0.6 is 0 Å². The van der Waals surface area contributed by atoms with E-state index in [0.29, 0.717) is 29.1 Å². The molecular weight excluding hydrogens is 428 g/mol. The van der Waals surface area contributed by atoms with E-state index in [2.05, 4.69) is 15.0 Å². The lowest BCUT2D eigenvalue weighted by atomic mass is 9.94. The summed E-state index contributed by atoms with van der Waals surface area (Å²) in [6, 6.07) is 16.1. The van der Waals surface area contributed by atoms with Gasteiger partial charge in [0.1, 0.15) is 5.75 Å². The number of carbonyl (C=O) groups excluding carboxylic acids is 1. The standard InChI is InChI=1S/C27H32N4O3/c1-20-11-13-21(14-12-20)26-28-25(34-29-26)19-33-24-10-6-5-9-23(24)27(32)31-17-15-30(16-18-31)22-7-3-2-4-8-22/h5-6,9-14,22H,2-4,7-8,15-19H2,1H3. The van der Waals surface area contributed by atoms with Crippen LogP contribution in [0, 0.1) is 6.92 Å². The number of carbonyl (C=O) groups is 1. The smallest absolute Gasteiger partial charge is 0.264 e. The number of piperazine rings is 1. The normalized spacial score (nSPS) is 17.6. The molecule has 1 saturated carbocycles. The lowest BCUT2D eigenvalue weighted by Gasteiger charge is -2.40. The number of aromatic nitrogens is 2. The fourth-order valence-electron chi connectivity index (χ4n) is 4.95. The molecule has 5 rings (SSSR count). The second kappa shape index (κ2) is 10.4. The number of hydrogen-bond donors (Lipinski definition) is 0. The molecule has 0 unspecified atom stereocenters. The van der Waals surface area contributed by atoms with Crippen LogP contribution in [0.1, 0.15) is 53.9 Å². The van der Waals surface area contributed by atoms with Crippen LogP contribution in [0.25, 0.3) is 11.4 Å². The van der Waals surface area contributed by atoms with Gasteiger partial charge in [-0.25, -0.2) is 0 Å². The zero-order valence-electron chi connectivity index (χ0n) is 19.8. The first kappa shape index (κ1) is 22.6. The van der Waals surface area contributed by atoms with Crippen molar-refractivity contribution >= 4 is 5.91 Å². The molecule has 1 aliphatic heterocycles. The molecule has 3 aromatic rings. The largest absolute Gasteiger partial charge is 0.483 e. The van der Waals surface area contributed by atoms with Gasteiger partial charge in [-0.05, 0) is 31.9 Å². The quantitative estimate of drug-likeness (QED) is 0.530. The molecule has 1 aromatic heterocycles. The van der Waals surface area contributed by atoms with E-state index in [0.717, 1.165) is 31.7 Å². The first-order chi connectivity index (χ1) is 16.7. The Hall–Kier alpha value is -3.19. The van der Waals surface area contributed by atoms with Crippen molar-refractivity contribution in [3.05, 3.63) is 65.5 Å². The molecule has 2 heterocycles. The molecule has 34 heavy (non-hydrogen) atoms. The summed E-state index contributed by atoms with van der Waals surface area (Å²) in [5.41, 5.74) is 2.64. The number of aryl methyl sites for hydroxylation is 1. The van der Waals surface area contributed by atoms with E-state index in [1.165, 1.54) is 37.7 Å². The van der Waals surface area contributed by atoms with E-state index in [9.17, 15) is 4.79 Å². The highest BCUT2D eigenvalue weighted by Crippen LogP contribution is 2.26. The summed E-state index contributed by atoms with van der Waals surface area (Å²) in [5, 5.41) is 4.06. The van der Waals surface area contributed by atoms with Gasteiger partial charge in [0.25, 0.3) is 11.8 Å². The van der Waals surface area contributed by atoms with Gasteiger partial charge in [0, 0.05) is 37.8 Å². The van der Waals surface area contributed by atoms with Crippen molar-refractivity contribution in [3.63, 3.8) is 0 Å². The minimum absolute atomic E-state index is 0.0183. The van der Waals surface area contributed by atoms with Gasteiger partial charge in [-0.3, -0.25) is 9.69 Å². The van der Waals surface area contributed by atoms with Crippen LogP contribution in [-0.4, -0.2) is 58.1 Å². The second-order valence-electron chi connectivity index (χ2n) is 9.28. The van der Waals surface area contributed by atoms with Crippen LogP contribution in [0.5, 0.6) is 5.75 Å². The third-order valence-corrected chi connectivity index (χ3v) is 6.94. The molecule has 1 amide bonds. The number of ether oxygens (including phenoxy) is 1. The fraction of sp³-hybridized carbons (Fsp3) is 0.444. The Labute approximate surface area is 200 Å². The Balaban J connectivity index is 1.20. The van der Waals surface area contributed by atoms with Gasteiger partial charge in [0.05, 0.1) is 5.56 Å². The van der Waals surface area contributed by atoms with E-state index >= 15 is 0 Å². The van der Waals surface area contributed by atoms with Crippen molar-refractivity contribution < 1.29 is 14.1 Å². The lowest BCUT2D eigenvalue weighted by Crippen LogP contribution is -2.52. The highest BCUT2D eigenvalue weighted by Gasteiger charge is 2.28. The van der Waals surface area contributed by atoms with Gasteiger partial charge in [-0.15, -0.1) is 0 Å². The average Bonchev–Trinajstić information content (AvgIpc) is 3.37. The monoisotopic (exact) mass is 460 g/mol. The Morgan fingerprint density at radius 3 is 2.50 bits per heavy atom. The van der Waals surface area contributed by atoms with Gasteiger partial charge in [0.2, 0.25) is 5.82 Å². The first-order valence-electron chi connectivity index (χ1n) is 12.3. The van der Waals surface area contributed by atoms with Crippen LogP contribution in [0.3, 0.4) is 0 Å². The minimum atomic E-state index is 0.0183. The van der Waals surface area contributed by atoms with Crippen LogP contribution in [0.15, 0.2) is 53.1 Å².